The molecular weight excluding hydrogens is 184 g/mol. The van der Waals surface area contributed by atoms with Gasteiger partial charge < -0.3 is 4.79 Å². The third kappa shape index (κ3) is 2.26. The summed E-state index contributed by atoms with van der Waals surface area (Å²) in [5.74, 6) is 0. The van der Waals surface area contributed by atoms with Crippen LogP contribution in [0.2, 0.25) is 0 Å². The zero-order chi connectivity index (χ0) is 7.49. The smallest absolute Gasteiger partial charge is 0.206 e. The normalized spacial score (nSPS) is 14.6. The summed E-state index contributed by atoms with van der Waals surface area (Å²) >= 11 is 3.03. The van der Waals surface area contributed by atoms with Gasteiger partial charge in [0, 0.05) is 0 Å². The van der Waals surface area contributed by atoms with E-state index in [1.54, 1.807) is 20.1 Å². The van der Waals surface area contributed by atoms with E-state index in [0.717, 1.165) is 0 Å². The van der Waals surface area contributed by atoms with Crippen LogP contribution in [0.3, 0.4) is 0 Å². The molecule has 0 heterocycles. The molecule has 9 heavy (non-hydrogen) atoms. The van der Waals surface area contributed by atoms with Crippen molar-refractivity contribution in [2.24, 2.45) is 5.41 Å². The molecule has 1 atom stereocenters. The largest absolute Gasteiger partial charge is 0.302 e. The van der Waals surface area contributed by atoms with Crippen LogP contribution in [-0.2, 0) is 9.59 Å². The van der Waals surface area contributed by atoms with Crippen molar-refractivity contribution < 1.29 is 9.59 Å². The maximum Gasteiger partial charge on any atom is 0.206 e. The van der Waals surface area contributed by atoms with Gasteiger partial charge in [-0.15, -0.1) is 0 Å². The van der Waals surface area contributed by atoms with E-state index in [-0.39, 0.29) is 0 Å². The zero-order valence-corrected chi connectivity index (χ0v) is 6.94. The highest BCUT2D eigenvalue weighted by atomic mass is 79.9. The molecule has 0 fully saturated rings. The summed E-state index contributed by atoms with van der Waals surface area (Å²) in [7, 11) is 0. The molecule has 51 valence electrons. The molecule has 0 rings (SSSR count). The maximum atomic E-state index is 10.1. The predicted octanol–water partition coefficient (Wildman–Crippen LogP) is 1.08. The number of aldehydes is 1. The van der Waals surface area contributed by atoms with Crippen molar-refractivity contribution >= 4 is 28.5 Å². The van der Waals surface area contributed by atoms with E-state index >= 15 is 0 Å². The van der Waals surface area contributed by atoms with Crippen LogP contribution in [-0.4, -0.2) is 17.4 Å². The quantitative estimate of drug-likeness (QED) is 0.495. The first kappa shape index (κ1) is 8.82. The molecule has 0 aromatic carbocycles. The summed E-state index contributed by atoms with van der Waals surface area (Å²) in [5.41, 5.74) is -0.707. The summed E-state index contributed by atoms with van der Waals surface area (Å²) in [5, 5.41) is 0. The maximum absolute atomic E-state index is 10.1. The Labute approximate surface area is 62.8 Å². The molecule has 0 bridgehead atoms. The number of carbonyl (C=O) groups is 1. The van der Waals surface area contributed by atoms with Gasteiger partial charge in [-0.1, -0.05) is 29.8 Å². The van der Waals surface area contributed by atoms with Crippen molar-refractivity contribution in [2.75, 3.05) is 0 Å². The van der Waals surface area contributed by atoms with Crippen LogP contribution in [0.4, 0.5) is 0 Å². The lowest BCUT2D eigenvalue weighted by atomic mass is 9.92. The summed E-state index contributed by atoms with van der Waals surface area (Å²) in [4.78, 5) is 19.8. The first-order valence-electron chi connectivity index (χ1n) is 2.53. The third-order valence-corrected chi connectivity index (χ3v) is 2.43. The van der Waals surface area contributed by atoms with Crippen molar-refractivity contribution in [3.63, 3.8) is 0 Å². The Hall–Kier alpha value is -0.180. The van der Waals surface area contributed by atoms with Gasteiger partial charge in [0.2, 0.25) is 6.29 Å². The number of halogens is 1. The van der Waals surface area contributed by atoms with Crippen LogP contribution in [0, 0.1) is 5.41 Å². The highest BCUT2D eigenvalue weighted by Crippen LogP contribution is 2.21. The van der Waals surface area contributed by atoms with Gasteiger partial charge in [-0.05, 0) is 0 Å². The fourth-order valence-corrected chi connectivity index (χ4v) is 0.320. The van der Waals surface area contributed by atoms with Crippen LogP contribution < -0.4 is 0 Å². The molecule has 3 heteroatoms. The summed E-state index contributed by atoms with van der Waals surface area (Å²) in [6, 6.07) is 0. The third-order valence-electron chi connectivity index (χ3n) is 1.07. The molecule has 0 aromatic heterocycles. The number of rotatable bonds is 3. The summed E-state index contributed by atoms with van der Waals surface area (Å²) in [6.45, 7) is 3.29. The van der Waals surface area contributed by atoms with Gasteiger partial charge in [0.1, 0.15) is 6.29 Å². The molecule has 0 aromatic rings. The molecular formula is C6H8BrO2. The average molecular weight is 192 g/mol. The highest BCUT2D eigenvalue weighted by Gasteiger charge is 2.27. The molecule has 0 saturated heterocycles. The number of carbonyl (C=O) groups excluding carboxylic acids is 2. The van der Waals surface area contributed by atoms with E-state index in [9.17, 15) is 9.59 Å². The lowest BCUT2D eigenvalue weighted by molar-refractivity contribution is -0.108. The van der Waals surface area contributed by atoms with Crippen LogP contribution in [0.1, 0.15) is 13.8 Å². The van der Waals surface area contributed by atoms with Gasteiger partial charge in [-0.2, -0.15) is 0 Å². The Morgan fingerprint density at radius 3 is 2.22 bits per heavy atom. The van der Waals surface area contributed by atoms with E-state index in [0.29, 0.717) is 6.29 Å². The van der Waals surface area contributed by atoms with Crippen molar-refractivity contribution in [1.82, 2.24) is 0 Å². The Morgan fingerprint density at radius 1 is 1.67 bits per heavy atom. The Morgan fingerprint density at radius 2 is 2.11 bits per heavy atom. The fraction of sp³-hybridized carbons (Fsp3) is 0.667. The minimum atomic E-state index is -0.707. The van der Waals surface area contributed by atoms with Crippen molar-refractivity contribution in [3.8, 4) is 0 Å². The first-order chi connectivity index (χ1) is 4.04. The second-order valence-corrected chi connectivity index (χ2v) is 3.35. The minimum absolute atomic E-state index is 0.428. The molecule has 1 radical (unpaired) electrons. The van der Waals surface area contributed by atoms with E-state index in [2.05, 4.69) is 15.9 Å². The highest BCUT2D eigenvalue weighted by molar-refractivity contribution is 9.10. The SMILES string of the molecule is CC(C)([C]=O)C(Br)C=O. The average Bonchev–Trinajstić information content (AvgIpc) is 1.86. The summed E-state index contributed by atoms with van der Waals surface area (Å²) in [6.07, 6.45) is 2.45. The van der Waals surface area contributed by atoms with Gasteiger partial charge in [-0.3, -0.25) is 4.79 Å². The number of hydrogen-bond donors (Lipinski definition) is 0. The predicted molar refractivity (Wildman–Crippen MR) is 38.3 cm³/mol. The fourth-order valence-electron chi connectivity index (χ4n) is 0.226. The van der Waals surface area contributed by atoms with Gasteiger partial charge in [0.25, 0.3) is 0 Å². The standard InChI is InChI=1S/C6H8BrO2/c1-6(2,4-9)5(7)3-8/h3,5H,1-2H3. The molecule has 0 amide bonds. The number of hydrogen-bond acceptors (Lipinski definition) is 2. The second kappa shape index (κ2) is 3.11. The van der Waals surface area contributed by atoms with Crippen molar-refractivity contribution in [2.45, 2.75) is 18.7 Å². The van der Waals surface area contributed by atoms with Crippen LogP contribution in [0.25, 0.3) is 0 Å². The molecule has 0 saturated carbocycles. The number of alkyl halides is 1. The van der Waals surface area contributed by atoms with Crippen LogP contribution >= 0.6 is 15.9 Å². The van der Waals surface area contributed by atoms with Crippen molar-refractivity contribution in [1.29, 1.82) is 0 Å². The van der Waals surface area contributed by atoms with E-state index < -0.39 is 10.2 Å². The van der Waals surface area contributed by atoms with Crippen LogP contribution in [0.5, 0.6) is 0 Å². The van der Waals surface area contributed by atoms with Crippen LogP contribution in [0.15, 0.2) is 0 Å². The lowest BCUT2D eigenvalue weighted by Crippen LogP contribution is -2.26. The Kier molecular flexibility index (Phi) is 3.04. The van der Waals surface area contributed by atoms with Gasteiger partial charge in [0.15, 0.2) is 0 Å². The van der Waals surface area contributed by atoms with Gasteiger partial charge in [0.05, 0.1) is 10.2 Å². The zero-order valence-electron chi connectivity index (χ0n) is 5.35. The first-order valence-corrected chi connectivity index (χ1v) is 3.45. The monoisotopic (exact) mass is 191 g/mol. The molecule has 0 spiro atoms. The van der Waals surface area contributed by atoms with Gasteiger partial charge >= 0.3 is 0 Å². The Bertz CT molecular complexity index is 120. The van der Waals surface area contributed by atoms with E-state index in [4.69, 9.17) is 0 Å². The topological polar surface area (TPSA) is 34.1 Å². The minimum Gasteiger partial charge on any atom is -0.302 e. The molecule has 0 aliphatic rings. The molecule has 2 nitrogen and oxygen atoms in total. The molecule has 0 aliphatic carbocycles. The van der Waals surface area contributed by atoms with Crippen molar-refractivity contribution in [3.05, 3.63) is 0 Å². The van der Waals surface area contributed by atoms with Gasteiger partial charge in [-0.25, -0.2) is 0 Å². The molecule has 0 N–H and O–H groups in total. The second-order valence-electron chi connectivity index (χ2n) is 2.36. The molecule has 1 unspecified atom stereocenters. The van der Waals surface area contributed by atoms with E-state index in [1.807, 2.05) is 0 Å². The Balaban J connectivity index is 4.11. The lowest BCUT2D eigenvalue weighted by Gasteiger charge is -2.16. The summed E-state index contributed by atoms with van der Waals surface area (Å²) < 4.78 is 0. The van der Waals surface area contributed by atoms with E-state index in [1.165, 1.54) is 0 Å². The molecule has 0 aliphatic heterocycles.